The van der Waals surface area contributed by atoms with Gasteiger partial charge in [-0.05, 0) is 37.7 Å². The second-order valence-electron chi connectivity index (χ2n) is 4.80. The molecule has 21 heavy (non-hydrogen) atoms. The zero-order valence-electron chi connectivity index (χ0n) is 11.9. The Balaban J connectivity index is 2.09. The highest BCUT2D eigenvalue weighted by molar-refractivity contribution is 5.73. The number of carbonyl (C=O) groups is 1. The fraction of sp³-hybridized carbons (Fsp3) is 0.333. The molecule has 0 aliphatic heterocycles. The molecule has 0 amide bonds. The fourth-order valence-electron chi connectivity index (χ4n) is 2.13. The van der Waals surface area contributed by atoms with Crippen LogP contribution in [0, 0.1) is 5.82 Å². The Hall–Kier alpha value is -2.21. The summed E-state index contributed by atoms with van der Waals surface area (Å²) in [4.78, 5) is 16.9. The number of aromatic nitrogens is 1. The molecular formula is C15H17FN2O3. The number of likely N-dealkylation sites (N-methyl/N-ethyl adjacent to an activating group) is 1. The molecule has 0 spiro atoms. The van der Waals surface area contributed by atoms with E-state index in [4.69, 9.17) is 9.52 Å². The molecule has 1 aromatic heterocycles. The molecule has 0 fully saturated rings. The van der Waals surface area contributed by atoms with Crippen molar-refractivity contribution in [3.05, 3.63) is 42.2 Å². The zero-order chi connectivity index (χ0) is 15.4. The Bertz CT molecular complexity index is 610. The Morgan fingerprint density at radius 1 is 1.43 bits per heavy atom. The maximum Gasteiger partial charge on any atom is 0.320 e. The van der Waals surface area contributed by atoms with Gasteiger partial charge in [-0.15, -0.1) is 0 Å². The molecule has 2 rings (SSSR count). The second-order valence-corrected chi connectivity index (χ2v) is 4.80. The highest BCUT2D eigenvalue weighted by Gasteiger charge is 2.22. The highest BCUT2D eigenvalue weighted by Crippen LogP contribution is 2.21. The lowest BCUT2D eigenvalue weighted by atomic mass is 10.2. The number of carboxylic acids is 1. The average molecular weight is 292 g/mol. The molecule has 0 saturated carbocycles. The SMILES string of the molecule is CCC(C(=O)O)N(C)Cc1ncc(-c2ccc(F)cc2)o1. The number of oxazole rings is 1. The van der Waals surface area contributed by atoms with Gasteiger partial charge in [-0.2, -0.15) is 0 Å². The van der Waals surface area contributed by atoms with Crippen LogP contribution in [0.3, 0.4) is 0 Å². The standard InChI is InChI=1S/C15H17FN2O3/c1-3-12(15(19)20)18(2)9-14-17-8-13(21-14)10-4-6-11(16)7-5-10/h4-8,12H,3,9H2,1-2H3,(H,19,20). The third-order valence-corrected chi connectivity index (χ3v) is 3.27. The van der Waals surface area contributed by atoms with E-state index in [2.05, 4.69) is 4.98 Å². The van der Waals surface area contributed by atoms with Crippen LogP contribution in [-0.4, -0.2) is 34.0 Å². The molecule has 0 aliphatic carbocycles. The minimum Gasteiger partial charge on any atom is -0.480 e. The van der Waals surface area contributed by atoms with E-state index in [0.29, 0.717) is 24.6 Å². The van der Waals surface area contributed by atoms with Gasteiger partial charge in [0.05, 0.1) is 12.7 Å². The monoisotopic (exact) mass is 292 g/mol. The molecule has 1 atom stereocenters. The number of hydrogen-bond acceptors (Lipinski definition) is 4. The molecule has 1 heterocycles. The van der Waals surface area contributed by atoms with Gasteiger partial charge in [0, 0.05) is 5.56 Å². The summed E-state index contributed by atoms with van der Waals surface area (Å²) >= 11 is 0. The molecular weight excluding hydrogens is 275 g/mol. The van der Waals surface area contributed by atoms with Crippen molar-refractivity contribution in [1.82, 2.24) is 9.88 Å². The first-order valence-corrected chi connectivity index (χ1v) is 6.65. The number of benzene rings is 1. The average Bonchev–Trinajstić information content (AvgIpc) is 2.88. The van der Waals surface area contributed by atoms with Crippen LogP contribution < -0.4 is 0 Å². The van der Waals surface area contributed by atoms with Crippen LogP contribution in [0.15, 0.2) is 34.9 Å². The molecule has 1 N–H and O–H groups in total. The van der Waals surface area contributed by atoms with Crippen molar-refractivity contribution in [1.29, 1.82) is 0 Å². The first-order valence-electron chi connectivity index (χ1n) is 6.65. The molecule has 112 valence electrons. The lowest BCUT2D eigenvalue weighted by molar-refractivity contribution is -0.143. The fourth-order valence-corrected chi connectivity index (χ4v) is 2.13. The third-order valence-electron chi connectivity index (χ3n) is 3.27. The molecule has 0 radical (unpaired) electrons. The van der Waals surface area contributed by atoms with E-state index >= 15 is 0 Å². The van der Waals surface area contributed by atoms with E-state index in [1.807, 2.05) is 6.92 Å². The number of rotatable bonds is 6. The summed E-state index contributed by atoms with van der Waals surface area (Å²) in [5.41, 5.74) is 0.725. The second kappa shape index (κ2) is 6.49. The van der Waals surface area contributed by atoms with Crippen LogP contribution in [-0.2, 0) is 11.3 Å². The molecule has 6 heteroatoms. The number of nitrogens with zero attached hydrogens (tertiary/aromatic N) is 2. The van der Waals surface area contributed by atoms with Crippen LogP contribution in [0.25, 0.3) is 11.3 Å². The third kappa shape index (κ3) is 3.66. The van der Waals surface area contributed by atoms with Gasteiger partial charge in [-0.1, -0.05) is 6.92 Å². The Labute approximate surface area is 122 Å². The number of carboxylic acid groups (broad SMARTS) is 1. The van der Waals surface area contributed by atoms with E-state index in [-0.39, 0.29) is 5.82 Å². The maximum atomic E-state index is 12.9. The van der Waals surface area contributed by atoms with Gasteiger partial charge < -0.3 is 9.52 Å². The first-order chi connectivity index (χ1) is 10.0. The summed E-state index contributed by atoms with van der Waals surface area (Å²) in [5.74, 6) is -0.228. The van der Waals surface area contributed by atoms with E-state index in [1.165, 1.54) is 12.1 Å². The van der Waals surface area contributed by atoms with Gasteiger partial charge in [0.25, 0.3) is 0 Å². The topological polar surface area (TPSA) is 66.6 Å². The van der Waals surface area contributed by atoms with Gasteiger partial charge in [0.15, 0.2) is 5.76 Å². The van der Waals surface area contributed by atoms with Gasteiger partial charge >= 0.3 is 5.97 Å². The quantitative estimate of drug-likeness (QED) is 0.886. The van der Waals surface area contributed by atoms with Crippen LogP contribution >= 0.6 is 0 Å². The van der Waals surface area contributed by atoms with E-state index < -0.39 is 12.0 Å². The van der Waals surface area contributed by atoms with Crippen molar-refractivity contribution in [2.75, 3.05) is 7.05 Å². The lowest BCUT2D eigenvalue weighted by Crippen LogP contribution is -2.37. The largest absolute Gasteiger partial charge is 0.480 e. The van der Waals surface area contributed by atoms with Crippen LogP contribution in [0.2, 0.25) is 0 Å². The summed E-state index contributed by atoms with van der Waals surface area (Å²) in [6.45, 7) is 2.11. The predicted molar refractivity (Wildman–Crippen MR) is 75.1 cm³/mol. The van der Waals surface area contributed by atoms with Crippen LogP contribution in [0.1, 0.15) is 19.2 Å². The summed E-state index contributed by atoms with van der Waals surface area (Å²) in [6.07, 6.45) is 2.05. The highest BCUT2D eigenvalue weighted by atomic mass is 19.1. The summed E-state index contributed by atoms with van der Waals surface area (Å²) in [7, 11) is 1.71. The summed E-state index contributed by atoms with van der Waals surface area (Å²) < 4.78 is 18.5. The number of halogens is 1. The van der Waals surface area contributed by atoms with Gasteiger partial charge in [-0.3, -0.25) is 9.69 Å². The predicted octanol–water partition coefficient (Wildman–Crippen LogP) is 2.78. The minimum absolute atomic E-state index is 0.298. The van der Waals surface area contributed by atoms with Gasteiger partial charge in [0.1, 0.15) is 11.9 Å². The molecule has 0 aliphatic rings. The molecule has 1 aromatic carbocycles. The van der Waals surface area contributed by atoms with Crippen molar-refractivity contribution in [2.24, 2.45) is 0 Å². The van der Waals surface area contributed by atoms with E-state index in [1.54, 1.807) is 30.3 Å². The number of hydrogen-bond donors (Lipinski definition) is 1. The zero-order valence-corrected chi connectivity index (χ0v) is 11.9. The van der Waals surface area contributed by atoms with Crippen molar-refractivity contribution in [2.45, 2.75) is 25.9 Å². The van der Waals surface area contributed by atoms with E-state index in [0.717, 1.165) is 5.56 Å². The Kier molecular flexibility index (Phi) is 4.70. The molecule has 1 unspecified atom stereocenters. The Morgan fingerprint density at radius 2 is 2.10 bits per heavy atom. The van der Waals surface area contributed by atoms with Crippen molar-refractivity contribution in [3.8, 4) is 11.3 Å². The van der Waals surface area contributed by atoms with E-state index in [9.17, 15) is 9.18 Å². The normalized spacial score (nSPS) is 12.6. The lowest BCUT2D eigenvalue weighted by Gasteiger charge is -2.21. The molecule has 5 nitrogen and oxygen atoms in total. The Morgan fingerprint density at radius 3 is 2.67 bits per heavy atom. The molecule has 0 saturated heterocycles. The first kappa shape index (κ1) is 15.2. The van der Waals surface area contributed by atoms with Crippen molar-refractivity contribution >= 4 is 5.97 Å². The summed E-state index contributed by atoms with van der Waals surface area (Å²) in [5, 5.41) is 9.10. The van der Waals surface area contributed by atoms with Crippen molar-refractivity contribution < 1.29 is 18.7 Å². The number of aliphatic carboxylic acids is 1. The molecule has 0 bridgehead atoms. The van der Waals surface area contributed by atoms with Crippen LogP contribution in [0.5, 0.6) is 0 Å². The van der Waals surface area contributed by atoms with Crippen LogP contribution in [0.4, 0.5) is 4.39 Å². The maximum absolute atomic E-state index is 12.9. The minimum atomic E-state index is -0.870. The van der Waals surface area contributed by atoms with Crippen molar-refractivity contribution in [3.63, 3.8) is 0 Å². The smallest absolute Gasteiger partial charge is 0.320 e. The molecule has 2 aromatic rings. The van der Waals surface area contributed by atoms with Gasteiger partial charge in [-0.25, -0.2) is 9.37 Å². The summed E-state index contributed by atoms with van der Waals surface area (Å²) in [6, 6.07) is 5.33. The van der Waals surface area contributed by atoms with Gasteiger partial charge in [0.2, 0.25) is 5.89 Å².